The maximum atomic E-state index is 13.3. The van der Waals surface area contributed by atoms with Crippen LogP contribution in [-0.2, 0) is 0 Å². The van der Waals surface area contributed by atoms with Crippen LogP contribution in [0.1, 0.15) is 5.56 Å². The van der Waals surface area contributed by atoms with Gasteiger partial charge in [0.05, 0.1) is 6.21 Å². The van der Waals surface area contributed by atoms with Gasteiger partial charge in [0.1, 0.15) is 11.4 Å². The fourth-order valence-electron chi connectivity index (χ4n) is 1.47. The zero-order chi connectivity index (χ0) is 15.6. The van der Waals surface area contributed by atoms with E-state index in [1.165, 1.54) is 18.2 Å². The van der Waals surface area contributed by atoms with Gasteiger partial charge in [-0.15, -0.1) is 0 Å². The van der Waals surface area contributed by atoms with E-state index in [1.807, 2.05) is 0 Å². The van der Waals surface area contributed by atoms with Crippen molar-refractivity contribution in [3.05, 3.63) is 58.9 Å². The summed E-state index contributed by atoms with van der Waals surface area (Å²) >= 11 is 0. The summed E-state index contributed by atoms with van der Waals surface area (Å²) in [5.41, 5.74) is 0.637. The number of nitrogens with zero attached hydrogens (tertiary/aromatic N) is 1. The van der Waals surface area contributed by atoms with Crippen LogP contribution in [0.2, 0.25) is 0 Å². The topological polar surface area (TPSA) is 44.6 Å². The Labute approximate surface area is 115 Å². The molecule has 21 heavy (non-hydrogen) atoms. The highest BCUT2D eigenvalue weighted by Gasteiger charge is 2.25. The van der Waals surface area contributed by atoms with Crippen molar-refractivity contribution < 1.29 is 27.1 Å². The minimum Gasteiger partial charge on any atom is -0.507 e. The average molecular weight is 302 g/mol. The van der Waals surface area contributed by atoms with Gasteiger partial charge in [0.15, 0.2) is 23.3 Å². The van der Waals surface area contributed by atoms with Crippen molar-refractivity contribution in [3.8, 4) is 5.75 Å². The average Bonchev–Trinajstić information content (AvgIpc) is 2.48. The molecule has 110 valence electrons. The first-order valence-electron chi connectivity index (χ1n) is 5.52. The van der Waals surface area contributed by atoms with Crippen LogP contribution in [0.25, 0.3) is 0 Å². The zero-order valence-corrected chi connectivity index (χ0v) is 10.2. The van der Waals surface area contributed by atoms with Crippen LogP contribution < -0.4 is 5.43 Å². The molecule has 0 aliphatic heterocycles. The van der Waals surface area contributed by atoms with E-state index in [2.05, 4.69) is 5.10 Å². The summed E-state index contributed by atoms with van der Waals surface area (Å²) in [4.78, 5) is 0. The molecule has 0 aliphatic carbocycles. The number of rotatable bonds is 3. The number of halogens is 5. The number of hydrogen-bond acceptors (Lipinski definition) is 3. The lowest BCUT2D eigenvalue weighted by molar-refractivity contribution is 0.381. The summed E-state index contributed by atoms with van der Waals surface area (Å²) in [5, 5.41) is 12.7. The highest BCUT2D eigenvalue weighted by molar-refractivity contribution is 5.83. The second-order valence-electron chi connectivity index (χ2n) is 3.87. The molecular formula is C13H7F5N2O. The predicted molar refractivity (Wildman–Crippen MR) is 65.6 cm³/mol. The number of hydrogen-bond donors (Lipinski definition) is 2. The minimum atomic E-state index is -2.25. The van der Waals surface area contributed by atoms with Crippen LogP contribution in [0.3, 0.4) is 0 Å². The van der Waals surface area contributed by atoms with Crippen LogP contribution in [0, 0.1) is 29.1 Å². The Kier molecular flexibility index (Phi) is 4.06. The molecule has 0 amide bonds. The zero-order valence-electron chi connectivity index (χ0n) is 10.2. The van der Waals surface area contributed by atoms with Gasteiger partial charge in [0.2, 0.25) is 5.82 Å². The number of para-hydroxylation sites is 1. The van der Waals surface area contributed by atoms with Gasteiger partial charge in [-0.05, 0) is 12.1 Å². The number of hydrazone groups is 1. The van der Waals surface area contributed by atoms with E-state index in [1.54, 1.807) is 11.5 Å². The molecule has 0 fully saturated rings. The third-order valence-electron chi connectivity index (χ3n) is 2.53. The van der Waals surface area contributed by atoms with E-state index in [9.17, 15) is 27.1 Å². The van der Waals surface area contributed by atoms with E-state index < -0.39 is 34.8 Å². The van der Waals surface area contributed by atoms with Gasteiger partial charge in [0.25, 0.3) is 0 Å². The molecule has 0 radical (unpaired) electrons. The summed E-state index contributed by atoms with van der Waals surface area (Å²) in [6, 6.07) is 5.85. The third-order valence-corrected chi connectivity index (χ3v) is 2.53. The van der Waals surface area contributed by atoms with Gasteiger partial charge in [-0.1, -0.05) is 12.1 Å². The van der Waals surface area contributed by atoms with E-state index in [0.29, 0.717) is 0 Å². The number of aromatic hydroxyl groups is 1. The molecule has 8 heteroatoms. The molecule has 2 aromatic rings. The maximum absolute atomic E-state index is 13.3. The van der Waals surface area contributed by atoms with E-state index >= 15 is 0 Å². The Hall–Kier alpha value is -2.64. The predicted octanol–water partition coefficient (Wildman–Crippen LogP) is 3.53. The quantitative estimate of drug-likeness (QED) is 0.299. The molecule has 2 aromatic carbocycles. The maximum Gasteiger partial charge on any atom is 0.200 e. The molecule has 0 aromatic heterocycles. The third kappa shape index (κ3) is 2.78. The molecule has 3 nitrogen and oxygen atoms in total. The molecule has 0 atom stereocenters. The fourth-order valence-corrected chi connectivity index (χ4v) is 1.47. The summed E-state index contributed by atoms with van der Waals surface area (Å²) in [6.45, 7) is 0. The van der Waals surface area contributed by atoms with Crippen LogP contribution in [0.5, 0.6) is 5.75 Å². The number of nitrogens with one attached hydrogen (secondary N) is 1. The molecule has 0 spiro atoms. The molecule has 0 heterocycles. The number of anilines is 1. The normalized spacial score (nSPS) is 11.1. The van der Waals surface area contributed by atoms with Gasteiger partial charge in [0, 0.05) is 5.56 Å². The molecule has 0 aliphatic rings. The second-order valence-corrected chi connectivity index (χ2v) is 3.87. The van der Waals surface area contributed by atoms with Gasteiger partial charge >= 0.3 is 0 Å². The Morgan fingerprint density at radius 1 is 0.857 bits per heavy atom. The first-order chi connectivity index (χ1) is 9.93. The summed E-state index contributed by atoms with van der Waals surface area (Å²) < 4.78 is 65.3. The first kappa shape index (κ1) is 14.8. The Bertz CT molecular complexity index is 689. The largest absolute Gasteiger partial charge is 0.507 e. The van der Waals surface area contributed by atoms with Crippen molar-refractivity contribution in [1.82, 2.24) is 0 Å². The van der Waals surface area contributed by atoms with Crippen molar-refractivity contribution in [2.75, 3.05) is 5.43 Å². The smallest absolute Gasteiger partial charge is 0.200 e. The SMILES string of the molecule is Oc1ccccc1/C=N\Nc1c(F)c(F)c(F)c(F)c1F. The highest BCUT2D eigenvalue weighted by atomic mass is 19.2. The summed E-state index contributed by atoms with van der Waals surface area (Å²) in [6.07, 6.45) is 0.966. The Morgan fingerprint density at radius 2 is 1.38 bits per heavy atom. The van der Waals surface area contributed by atoms with Gasteiger partial charge in [-0.25, -0.2) is 22.0 Å². The molecule has 2 rings (SSSR count). The number of benzene rings is 2. The highest BCUT2D eigenvalue weighted by Crippen LogP contribution is 2.27. The second kappa shape index (κ2) is 5.78. The minimum absolute atomic E-state index is 0.166. The standard InChI is InChI=1S/C13H7F5N2O/c14-8-9(15)11(17)13(12(18)10(8)16)20-19-5-6-3-1-2-4-7(6)21/h1-5,20-21H/b19-5-. The van der Waals surface area contributed by atoms with Crippen molar-refractivity contribution in [2.24, 2.45) is 5.10 Å². The summed E-state index contributed by atoms with van der Waals surface area (Å²) in [5.74, 6) is -10.6. The lowest BCUT2D eigenvalue weighted by atomic mass is 10.2. The molecule has 0 unspecified atom stereocenters. The molecule has 0 saturated heterocycles. The summed E-state index contributed by atoms with van der Waals surface area (Å²) in [7, 11) is 0. The fraction of sp³-hybridized carbons (Fsp3) is 0. The molecule has 0 bridgehead atoms. The van der Waals surface area contributed by atoms with Gasteiger partial charge in [-0.3, -0.25) is 5.43 Å². The van der Waals surface area contributed by atoms with Crippen LogP contribution in [0.15, 0.2) is 29.4 Å². The van der Waals surface area contributed by atoms with Crippen LogP contribution in [0.4, 0.5) is 27.6 Å². The number of phenolic OH excluding ortho intramolecular Hbond substituents is 1. The van der Waals surface area contributed by atoms with Crippen molar-refractivity contribution >= 4 is 11.9 Å². The lowest BCUT2D eigenvalue weighted by Crippen LogP contribution is -2.06. The van der Waals surface area contributed by atoms with E-state index in [-0.39, 0.29) is 11.3 Å². The first-order valence-corrected chi connectivity index (χ1v) is 5.52. The Balaban J connectivity index is 2.31. The van der Waals surface area contributed by atoms with Crippen LogP contribution in [-0.4, -0.2) is 11.3 Å². The van der Waals surface area contributed by atoms with Gasteiger partial charge < -0.3 is 5.11 Å². The number of phenols is 1. The Morgan fingerprint density at radius 3 is 1.95 bits per heavy atom. The lowest BCUT2D eigenvalue weighted by Gasteiger charge is -2.07. The van der Waals surface area contributed by atoms with Gasteiger partial charge in [-0.2, -0.15) is 5.10 Å². The monoisotopic (exact) mass is 302 g/mol. The molecule has 2 N–H and O–H groups in total. The van der Waals surface area contributed by atoms with E-state index in [4.69, 9.17) is 0 Å². The molecular weight excluding hydrogens is 295 g/mol. The molecule has 0 saturated carbocycles. The van der Waals surface area contributed by atoms with Crippen molar-refractivity contribution in [1.29, 1.82) is 0 Å². The van der Waals surface area contributed by atoms with Crippen molar-refractivity contribution in [2.45, 2.75) is 0 Å². The van der Waals surface area contributed by atoms with Crippen molar-refractivity contribution in [3.63, 3.8) is 0 Å². The van der Waals surface area contributed by atoms with E-state index in [0.717, 1.165) is 6.21 Å². The van der Waals surface area contributed by atoms with Crippen LogP contribution >= 0.6 is 0 Å².